The minimum atomic E-state index is -4.47. The average molecular weight is 247 g/mol. The summed E-state index contributed by atoms with van der Waals surface area (Å²) >= 11 is 14.6. The molecule has 0 aliphatic carbocycles. The average Bonchev–Trinajstić information content (AvgIpc) is 1.94. The first-order chi connectivity index (χ1) is 5.82. The normalized spacial score (nSPS) is 11.8. The monoisotopic (exact) mass is 246 g/mol. The van der Waals surface area contributed by atoms with Gasteiger partial charge in [0.1, 0.15) is 0 Å². The van der Waals surface area contributed by atoms with Crippen LogP contribution in [0, 0.1) is 0 Å². The molecule has 0 radical (unpaired) electrons. The van der Waals surface area contributed by atoms with E-state index in [4.69, 9.17) is 23.2 Å². The van der Waals surface area contributed by atoms with Crippen LogP contribution < -0.4 is 0 Å². The van der Waals surface area contributed by atoms with E-state index < -0.39 is 16.8 Å². The van der Waals surface area contributed by atoms with E-state index in [1.54, 1.807) is 0 Å². The van der Waals surface area contributed by atoms with Gasteiger partial charge in [0.2, 0.25) is 0 Å². The van der Waals surface area contributed by atoms with Gasteiger partial charge in [-0.3, -0.25) is 0 Å². The summed E-state index contributed by atoms with van der Waals surface area (Å²) in [4.78, 5) is 0.0541. The van der Waals surface area contributed by atoms with Gasteiger partial charge in [0, 0.05) is 4.90 Å². The van der Waals surface area contributed by atoms with Gasteiger partial charge in [-0.1, -0.05) is 23.2 Å². The highest BCUT2D eigenvalue weighted by molar-refractivity contribution is 7.80. The van der Waals surface area contributed by atoms with E-state index in [9.17, 15) is 13.2 Å². The minimum Gasteiger partial charge on any atom is -0.166 e. The van der Waals surface area contributed by atoms with Gasteiger partial charge in [0.05, 0.1) is 15.6 Å². The smallest absolute Gasteiger partial charge is 0.166 e. The van der Waals surface area contributed by atoms with Gasteiger partial charge < -0.3 is 0 Å². The van der Waals surface area contributed by atoms with Crippen molar-refractivity contribution < 1.29 is 13.2 Å². The number of benzene rings is 1. The van der Waals surface area contributed by atoms with Crippen LogP contribution in [0.3, 0.4) is 0 Å². The summed E-state index contributed by atoms with van der Waals surface area (Å²) in [6.45, 7) is 0. The lowest BCUT2D eigenvalue weighted by atomic mass is 10.2. The molecule has 1 aromatic rings. The number of halogens is 5. The van der Waals surface area contributed by atoms with Gasteiger partial charge in [-0.05, 0) is 12.1 Å². The molecule has 1 rings (SSSR count). The van der Waals surface area contributed by atoms with E-state index in [1.807, 2.05) is 0 Å². The first-order valence-electron chi connectivity index (χ1n) is 3.07. The molecule has 0 aromatic heterocycles. The van der Waals surface area contributed by atoms with E-state index in [1.165, 1.54) is 0 Å². The number of rotatable bonds is 0. The zero-order chi connectivity index (χ0) is 10.2. The Morgan fingerprint density at radius 1 is 1.08 bits per heavy atom. The highest BCUT2D eigenvalue weighted by atomic mass is 35.5. The second-order valence-corrected chi connectivity index (χ2v) is 3.58. The molecule has 13 heavy (non-hydrogen) atoms. The van der Waals surface area contributed by atoms with Crippen LogP contribution in [0.2, 0.25) is 10.0 Å². The lowest BCUT2D eigenvalue weighted by molar-refractivity contribution is -0.137. The van der Waals surface area contributed by atoms with Gasteiger partial charge >= 0.3 is 6.18 Å². The van der Waals surface area contributed by atoms with Crippen LogP contribution in [0.1, 0.15) is 5.56 Å². The molecule has 0 heterocycles. The van der Waals surface area contributed by atoms with Crippen molar-refractivity contribution >= 4 is 35.8 Å². The summed E-state index contributed by atoms with van der Waals surface area (Å²) in [6.07, 6.45) is -4.47. The summed E-state index contributed by atoms with van der Waals surface area (Å²) < 4.78 is 36.6. The van der Waals surface area contributed by atoms with E-state index in [-0.39, 0.29) is 9.92 Å². The molecule has 0 atom stereocenters. The predicted molar refractivity (Wildman–Crippen MR) is 48.7 cm³/mol. The Hall–Kier alpha value is -0.0600. The van der Waals surface area contributed by atoms with Crippen LogP contribution in [0.15, 0.2) is 17.0 Å². The number of hydrogen-bond acceptors (Lipinski definition) is 1. The lowest BCUT2D eigenvalue weighted by Gasteiger charge is -2.09. The Kier molecular flexibility index (Phi) is 3.05. The third-order valence-corrected chi connectivity index (χ3v) is 2.47. The third kappa shape index (κ3) is 2.45. The van der Waals surface area contributed by atoms with E-state index in [2.05, 4.69) is 12.6 Å². The Labute approximate surface area is 88.1 Å². The summed E-state index contributed by atoms with van der Waals surface area (Å²) in [5, 5.41) is -0.323. The van der Waals surface area contributed by atoms with Crippen LogP contribution in [0.5, 0.6) is 0 Å². The summed E-state index contributed by atoms with van der Waals surface area (Å²) in [7, 11) is 0. The Morgan fingerprint density at radius 3 is 2.08 bits per heavy atom. The van der Waals surface area contributed by atoms with Gasteiger partial charge in [0.25, 0.3) is 0 Å². The van der Waals surface area contributed by atoms with Crippen molar-refractivity contribution in [2.45, 2.75) is 11.1 Å². The fraction of sp³-hybridized carbons (Fsp3) is 0.143. The molecule has 0 amide bonds. The fourth-order valence-corrected chi connectivity index (χ4v) is 1.44. The SMILES string of the molecule is FC(F)(F)c1cc(S)c(Cl)cc1Cl. The Morgan fingerprint density at radius 2 is 1.62 bits per heavy atom. The molecule has 0 saturated carbocycles. The van der Waals surface area contributed by atoms with Crippen molar-refractivity contribution in [2.75, 3.05) is 0 Å². The molecule has 0 bridgehead atoms. The van der Waals surface area contributed by atoms with Crippen LogP contribution in [0.25, 0.3) is 0 Å². The molecule has 1 aromatic carbocycles. The topological polar surface area (TPSA) is 0 Å². The maximum Gasteiger partial charge on any atom is 0.417 e. The number of thiol groups is 1. The molecular weight excluding hydrogens is 244 g/mol. The first kappa shape index (κ1) is 11.0. The molecule has 0 aliphatic rings. The standard InChI is InChI=1S/C7H3Cl2F3S/c8-4-2-5(9)6(13)1-3(4)7(10,11)12/h1-2,13H. The van der Waals surface area contributed by atoms with E-state index in [0.717, 1.165) is 12.1 Å². The quantitative estimate of drug-likeness (QED) is 0.649. The highest BCUT2D eigenvalue weighted by Crippen LogP contribution is 2.38. The summed E-state index contributed by atoms with van der Waals surface area (Å²) in [6, 6.07) is 1.82. The highest BCUT2D eigenvalue weighted by Gasteiger charge is 2.33. The lowest BCUT2D eigenvalue weighted by Crippen LogP contribution is -2.05. The second-order valence-electron chi connectivity index (χ2n) is 2.28. The van der Waals surface area contributed by atoms with Crippen LogP contribution >= 0.6 is 35.8 Å². The van der Waals surface area contributed by atoms with Crippen molar-refractivity contribution in [2.24, 2.45) is 0 Å². The number of alkyl halides is 3. The maximum absolute atomic E-state index is 12.2. The maximum atomic E-state index is 12.2. The molecule has 0 spiro atoms. The number of hydrogen-bond donors (Lipinski definition) is 1. The Balaban J connectivity index is 3.32. The molecule has 0 saturated heterocycles. The minimum absolute atomic E-state index is 0.0541. The van der Waals surface area contributed by atoms with Crippen LogP contribution in [-0.2, 0) is 6.18 Å². The Bertz CT molecular complexity index is 335. The molecule has 0 aliphatic heterocycles. The van der Waals surface area contributed by atoms with Gasteiger partial charge in [0.15, 0.2) is 0 Å². The molecule has 72 valence electrons. The van der Waals surface area contributed by atoms with Gasteiger partial charge in [-0.15, -0.1) is 12.6 Å². The van der Waals surface area contributed by atoms with E-state index in [0.29, 0.717) is 0 Å². The van der Waals surface area contributed by atoms with Crippen molar-refractivity contribution in [1.82, 2.24) is 0 Å². The van der Waals surface area contributed by atoms with Gasteiger partial charge in [-0.25, -0.2) is 0 Å². The largest absolute Gasteiger partial charge is 0.417 e. The van der Waals surface area contributed by atoms with Crippen molar-refractivity contribution in [3.8, 4) is 0 Å². The third-order valence-electron chi connectivity index (χ3n) is 1.34. The second kappa shape index (κ2) is 3.59. The molecule has 0 unspecified atom stereocenters. The molecule has 0 fully saturated rings. The summed E-state index contributed by atoms with van der Waals surface area (Å²) in [5.41, 5.74) is -0.927. The molecular formula is C7H3Cl2F3S. The predicted octanol–water partition coefficient (Wildman–Crippen LogP) is 4.30. The van der Waals surface area contributed by atoms with Crippen molar-refractivity contribution in [3.63, 3.8) is 0 Å². The first-order valence-corrected chi connectivity index (χ1v) is 4.28. The van der Waals surface area contributed by atoms with Gasteiger partial charge in [-0.2, -0.15) is 13.2 Å². The molecule has 0 N–H and O–H groups in total. The molecule has 0 nitrogen and oxygen atoms in total. The van der Waals surface area contributed by atoms with Crippen LogP contribution in [0.4, 0.5) is 13.2 Å². The fourth-order valence-electron chi connectivity index (χ4n) is 0.755. The molecule has 6 heteroatoms. The van der Waals surface area contributed by atoms with Crippen molar-refractivity contribution in [1.29, 1.82) is 0 Å². The summed E-state index contributed by atoms with van der Waals surface area (Å²) in [5.74, 6) is 0. The zero-order valence-corrected chi connectivity index (χ0v) is 8.40. The zero-order valence-electron chi connectivity index (χ0n) is 5.99. The van der Waals surface area contributed by atoms with E-state index >= 15 is 0 Å². The van der Waals surface area contributed by atoms with Crippen molar-refractivity contribution in [3.05, 3.63) is 27.7 Å². The van der Waals surface area contributed by atoms with Crippen LogP contribution in [-0.4, -0.2) is 0 Å².